The maximum atomic E-state index is 4.44. The van der Waals surface area contributed by atoms with Crippen LogP contribution in [0.25, 0.3) is 55.0 Å². The highest BCUT2D eigenvalue weighted by Gasteiger charge is 2.29. The van der Waals surface area contributed by atoms with Crippen LogP contribution in [0.1, 0.15) is 0 Å². The largest absolute Gasteiger partial charge is 0.308 e. The summed E-state index contributed by atoms with van der Waals surface area (Å²) in [6, 6.07) is 43.6. The lowest BCUT2D eigenvalue weighted by Gasteiger charge is -2.33. The summed E-state index contributed by atoms with van der Waals surface area (Å²) in [6.07, 6.45) is 3.77. The summed E-state index contributed by atoms with van der Waals surface area (Å²) >= 11 is 0. The molecule has 9 rings (SSSR count). The van der Waals surface area contributed by atoms with Crippen molar-refractivity contribution in [1.82, 2.24) is 14.1 Å². The number of pyridine rings is 1. The van der Waals surface area contributed by atoms with Crippen LogP contribution in [-0.4, -0.2) is 14.1 Å². The monoisotopic (exact) mass is 498 g/mol. The van der Waals surface area contributed by atoms with Crippen LogP contribution in [0.2, 0.25) is 0 Å². The van der Waals surface area contributed by atoms with Gasteiger partial charge in [0.05, 0.1) is 51.0 Å². The predicted molar refractivity (Wildman–Crippen MR) is 161 cm³/mol. The van der Waals surface area contributed by atoms with Gasteiger partial charge in [-0.1, -0.05) is 60.7 Å². The number of aromatic nitrogens is 3. The van der Waals surface area contributed by atoms with Crippen molar-refractivity contribution < 1.29 is 0 Å². The molecule has 39 heavy (non-hydrogen) atoms. The number of hydrogen-bond donors (Lipinski definition) is 0. The van der Waals surface area contributed by atoms with Crippen LogP contribution in [0.15, 0.2) is 134 Å². The molecule has 5 aromatic carbocycles. The Morgan fingerprint density at radius 3 is 1.95 bits per heavy atom. The first-order chi connectivity index (χ1) is 19.4. The van der Waals surface area contributed by atoms with E-state index in [9.17, 15) is 0 Å². The van der Waals surface area contributed by atoms with E-state index in [-0.39, 0.29) is 0 Å². The van der Waals surface area contributed by atoms with E-state index in [1.54, 1.807) is 0 Å². The zero-order valence-corrected chi connectivity index (χ0v) is 21.0. The second-order valence-corrected chi connectivity index (χ2v) is 10.1. The van der Waals surface area contributed by atoms with Gasteiger partial charge in [-0.3, -0.25) is 4.98 Å². The molecule has 4 heterocycles. The molecule has 3 aromatic heterocycles. The SMILES string of the molecule is c1ccc(N2c3ccccc3-n3c4ccc5c(c6ccccc6n5-c5cccnc5)c4c4cccc2c43)cc1. The van der Waals surface area contributed by atoms with Gasteiger partial charge < -0.3 is 14.0 Å². The molecule has 182 valence electrons. The van der Waals surface area contributed by atoms with Gasteiger partial charge in [0, 0.05) is 33.4 Å². The van der Waals surface area contributed by atoms with Gasteiger partial charge in [0.2, 0.25) is 0 Å². The molecule has 0 aliphatic carbocycles. The first kappa shape index (κ1) is 20.7. The van der Waals surface area contributed by atoms with Crippen molar-refractivity contribution in [3.63, 3.8) is 0 Å². The van der Waals surface area contributed by atoms with Crippen LogP contribution < -0.4 is 4.90 Å². The molecular formula is C35H22N4. The molecule has 4 nitrogen and oxygen atoms in total. The van der Waals surface area contributed by atoms with Gasteiger partial charge in [-0.25, -0.2) is 0 Å². The molecule has 8 aromatic rings. The van der Waals surface area contributed by atoms with Gasteiger partial charge in [0.15, 0.2) is 0 Å². The third-order valence-electron chi connectivity index (χ3n) is 8.09. The van der Waals surface area contributed by atoms with Crippen LogP contribution in [0.4, 0.5) is 17.1 Å². The van der Waals surface area contributed by atoms with E-state index < -0.39 is 0 Å². The van der Waals surface area contributed by atoms with E-state index in [1.165, 1.54) is 60.7 Å². The van der Waals surface area contributed by atoms with Gasteiger partial charge in [-0.2, -0.15) is 0 Å². The average Bonchev–Trinajstić information content (AvgIpc) is 3.52. The summed E-state index contributed by atoms with van der Waals surface area (Å²) in [7, 11) is 0. The Morgan fingerprint density at radius 1 is 0.436 bits per heavy atom. The summed E-state index contributed by atoms with van der Waals surface area (Å²) in [4.78, 5) is 6.83. The fourth-order valence-electron chi connectivity index (χ4n) is 6.62. The highest BCUT2D eigenvalue weighted by molar-refractivity contribution is 6.30. The van der Waals surface area contributed by atoms with Crippen molar-refractivity contribution in [3.05, 3.63) is 134 Å². The molecule has 0 fully saturated rings. The molecule has 4 heteroatoms. The number of anilines is 3. The number of para-hydroxylation sites is 5. The van der Waals surface area contributed by atoms with Crippen LogP contribution in [0.5, 0.6) is 0 Å². The molecule has 0 atom stereocenters. The van der Waals surface area contributed by atoms with Crippen LogP contribution in [0.3, 0.4) is 0 Å². The Labute approximate surface area is 224 Å². The third-order valence-corrected chi connectivity index (χ3v) is 8.09. The molecule has 1 aliphatic heterocycles. The molecule has 0 amide bonds. The standard InChI is InChI=1S/C35H22N4/c1-2-10-23(11-3-1)37-28-16-6-7-17-29(28)39-31-20-19-30-33(34(31)26-14-8-18-32(37)35(26)39)25-13-4-5-15-27(25)38(30)24-12-9-21-36-22-24/h1-22H. The zero-order valence-electron chi connectivity index (χ0n) is 21.0. The fraction of sp³-hybridized carbons (Fsp3) is 0. The molecular weight excluding hydrogens is 476 g/mol. The maximum Gasteiger partial charge on any atom is 0.0783 e. The highest BCUT2D eigenvalue weighted by atomic mass is 15.2. The first-order valence-corrected chi connectivity index (χ1v) is 13.2. The van der Waals surface area contributed by atoms with Crippen LogP contribution in [-0.2, 0) is 0 Å². The Morgan fingerprint density at radius 2 is 1.10 bits per heavy atom. The summed E-state index contributed by atoms with van der Waals surface area (Å²) in [5.41, 5.74) is 10.6. The average molecular weight is 499 g/mol. The van der Waals surface area contributed by atoms with E-state index in [2.05, 4.69) is 134 Å². The smallest absolute Gasteiger partial charge is 0.0783 e. The normalized spacial score (nSPS) is 12.6. The van der Waals surface area contributed by atoms with Crippen molar-refractivity contribution in [1.29, 1.82) is 0 Å². The van der Waals surface area contributed by atoms with Gasteiger partial charge in [-0.05, 0) is 60.7 Å². The molecule has 0 radical (unpaired) electrons. The molecule has 0 bridgehead atoms. The van der Waals surface area contributed by atoms with E-state index in [1.807, 2.05) is 18.5 Å². The van der Waals surface area contributed by atoms with E-state index in [0.717, 1.165) is 11.4 Å². The topological polar surface area (TPSA) is 26.0 Å². The summed E-state index contributed by atoms with van der Waals surface area (Å²) < 4.78 is 4.80. The number of benzene rings is 5. The predicted octanol–water partition coefficient (Wildman–Crippen LogP) is 9.06. The highest BCUT2D eigenvalue weighted by Crippen LogP contribution is 2.51. The summed E-state index contributed by atoms with van der Waals surface area (Å²) in [6.45, 7) is 0. The van der Waals surface area contributed by atoms with Crippen LogP contribution >= 0.6 is 0 Å². The Kier molecular flexibility index (Phi) is 4.02. The minimum Gasteiger partial charge on any atom is -0.308 e. The van der Waals surface area contributed by atoms with E-state index in [0.29, 0.717) is 0 Å². The van der Waals surface area contributed by atoms with Gasteiger partial charge in [0.1, 0.15) is 0 Å². The molecule has 0 unspecified atom stereocenters. The summed E-state index contributed by atoms with van der Waals surface area (Å²) in [5.74, 6) is 0. The quantitative estimate of drug-likeness (QED) is 0.238. The Balaban J connectivity index is 1.50. The van der Waals surface area contributed by atoms with Crippen molar-refractivity contribution in [2.75, 3.05) is 4.90 Å². The van der Waals surface area contributed by atoms with E-state index in [4.69, 9.17) is 0 Å². The molecule has 0 spiro atoms. The molecule has 0 N–H and O–H groups in total. The van der Waals surface area contributed by atoms with Crippen LogP contribution in [0, 0.1) is 0 Å². The Bertz CT molecular complexity index is 2220. The third kappa shape index (κ3) is 2.65. The minimum absolute atomic E-state index is 1.07. The van der Waals surface area contributed by atoms with Crippen molar-refractivity contribution in [3.8, 4) is 11.4 Å². The molecule has 0 saturated heterocycles. The second-order valence-electron chi connectivity index (χ2n) is 10.1. The first-order valence-electron chi connectivity index (χ1n) is 13.2. The Hall–Kier alpha value is -5.35. The maximum absolute atomic E-state index is 4.44. The van der Waals surface area contributed by atoms with Gasteiger partial charge in [0.25, 0.3) is 0 Å². The number of hydrogen-bond acceptors (Lipinski definition) is 2. The number of rotatable bonds is 2. The zero-order chi connectivity index (χ0) is 25.5. The van der Waals surface area contributed by atoms with Crippen molar-refractivity contribution in [2.24, 2.45) is 0 Å². The fourth-order valence-corrected chi connectivity index (χ4v) is 6.62. The van der Waals surface area contributed by atoms with Gasteiger partial charge in [-0.15, -0.1) is 0 Å². The van der Waals surface area contributed by atoms with E-state index >= 15 is 0 Å². The second kappa shape index (κ2) is 7.59. The van der Waals surface area contributed by atoms with Crippen molar-refractivity contribution >= 4 is 60.7 Å². The lowest BCUT2D eigenvalue weighted by molar-refractivity contribution is 1.11. The molecule has 0 saturated carbocycles. The minimum atomic E-state index is 1.07. The lowest BCUT2D eigenvalue weighted by Crippen LogP contribution is -2.17. The van der Waals surface area contributed by atoms with Crippen molar-refractivity contribution in [2.45, 2.75) is 0 Å². The molecule has 1 aliphatic rings. The van der Waals surface area contributed by atoms with Gasteiger partial charge >= 0.3 is 0 Å². The number of fused-ring (bicyclic) bond motifs is 9. The summed E-state index contributed by atoms with van der Waals surface area (Å²) in [5, 5.41) is 5.07. The number of nitrogens with zero attached hydrogens (tertiary/aromatic N) is 4. The lowest BCUT2D eigenvalue weighted by atomic mass is 10.0.